The molecule has 0 atom stereocenters. The lowest BCUT2D eigenvalue weighted by molar-refractivity contribution is 0.0782. The number of nitrogens with zero attached hydrogens (tertiary/aromatic N) is 4. The molecule has 1 amide bonds. The van der Waals surface area contributed by atoms with Gasteiger partial charge < -0.3 is 4.90 Å². The van der Waals surface area contributed by atoms with Crippen LogP contribution in [-0.4, -0.2) is 37.8 Å². The standard InChI is InChI=1S/C16H23N5O/c1-4-7-21-11(2)14(9-17-21)16(22)20(3)10-13-8-15(19-18-13)12-5-6-12/h8-9,12H,4-7,10H2,1-3H3,(H,18,19). The van der Waals surface area contributed by atoms with E-state index in [1.807, 2.05) is 18.7 Å². The van der Waals surface area contributed by atoms with Gasteiger partial charge in [0, 0.05) is 25.2 Å². The Labute approximate surface area is 130 Å². The van der Waals surface area contributed by atoms with Gasteiger partial charge in [0.05, 0.1) is 29.7 Å². The summed E-state index contributed by atoms with van der Waals surface area (Å²) in [7, 11) is 1.82. The molecule has 0 aliphatic heterocycles. The summed E-state index contributed by atoms with van der Waals surface area (Å²) in [6.45, 7) is 5.43. The molecule has 0 aromatic carbocycles. The fourth-order valence-electron chi connectivity index (χ4n) is 2.68. The van der Waals surface area contributed by atoms with Gasteiger partial charge in [0.15, 0.2) is 0 Å². The summed E-state index contributed by atoms with van der Waals surface area (Å²) in [6, 6.07) is 2.08. The Bertz CT molecular complexity index is 668. The van der Waals surface area contributed by atoms with E-state index in [1.54, 1.807) is 11.1 Å². The van der Waals surface area contributed by atoms with Gasteiger partial charge in [-0.05, 0) is 32.3 Å². The molecule has 2 heterocycles. The molecule has 2 aromatic rings. The van der Waals surface area contributed by atoms with E-state index in [4.69, 9.17) is 0 Å². The number of carbonyl (C=O) groups is 1. The first-order chi connectivity index (χ1) is 10.6. The fourth-order valence-corrected chi connectivity index (χ4v) is 2.68. The Morgan fingerprint density at radius 2 is 2.27 bits per heavy atom. The molecular formula is C16H23N5O. The SMILES string of the molecule is CCCn1ncc(C(=O)N(C)Cc2cc(C3CC3)n[nH]2)c1C. The predicted octanol–water partition coefficient (Wildman–Crippen LogP) is 2.47. The quantitative estimate of drug-likeness (QED) is 0.891. The second-order valence-corrected chi connectivity index (χ2v) is 6.12. The van der Waals surface area contributed by atoms with Crippen LogP contribution in [0.5, 0.6) is 0 Å². The maximum absolute atomic E-state index is 12.6. The number of carbonyl (C=O) groups excluding carboxylic acids is 1. The molecule has 22 heavy (non-hydrogen) atoms. The first-order valence-electron chi connectivity index (χ1n) is 7.92. The molecule has 0 bridgehead atoms. The molecule has 6 nitrogen and oxygen atoms in total. The summed E-state index contributed by atoms with van der Waals surface area (Å²) >= 11 is 0. The van der Waals surface area contributed by atoms with Crippen molar-refractivity contribution in [2.24, 2.45) is 0 Å². The van der Waals surface area contributed by atoms with Crippen molar-refractivity contribution in [2.75, 3.05) is 7.05 Å². The number of H-pyrrole nitrogens is 1. The Balaban J connectivity index is 1.68. The number of aromatic amines is 1. The molecule has 6 heteroatoms. The lowest BCUT2D eigenvalue weighted by atomic mass is 10.2. The van der Waals surface area contributed by atoms with Gasteiger partial charge in [-0.2, -0.15) is 10.2 Å². The van der Waals surface area contributed by atoms with Gasteiger partial charge in [-0.3, -0.25) is 14.6 Å². The number of nitrogens with one attached hydrogen (secondary N) is 1. The molecule has 1 aliphatic rings. The number of aryl methyl sites for hydroxylation is 1. The normalized spacial score (nSPS) is 14.3. The molecule has 118 valence electrons. The summed E-state index contributed by atoms with van der Waals surface area (Å²) in [4.78, 5) is 14.3. The summed E-state index contributed by atoms with van der Waals surface area (Å²) in [5.74, 6) is 0.628. The number of aromatic nitrogens is 4. The predicted molar refractivity (Wildman–Crippen MR) is 83.6 cm³/mol. The van der Waals surface area contributed by atoms with Crippen LogP contribution in [0.15, 0.2) is 12.3 Å². The van der Waals surface area contributed by atoms with E-state index in [0.29, 0.717) is 18.0 Å². The third kappa shape index (κ3) is 2.91. The molecule has 1 fully saturated rings. The van der Waals surface area contributed by atoms with Crippen LogP contribution in [0.2, 0.25) is 0 Å². The number of hydrogen-bond acceptors (Lipinski definition) is 3. The fraction of sp³-hybridized carbons (Fsp3) is 0.562. The zero-order valence-corrected chi connectivity index (χ0v) is 13.5. The van der Waals surface area contributed by atoms with Crippen molar-refractivity contribution in [3.05, 3.63) is 34.9 Å². The number of rotatable bonds is 6. The first kappa shape index (κ1) is 14.8. The Morgan fingerprint density at radius 3 is 2.95 bits per heavy atom. The molecule has 0 radical (unpaired) electrons. The molecule has 1 saturated carbocycles. The van der Waals surface area contributed by atoms with Crippen LogP contribution in [0, 0.1) is 6.92 Å². The highest BCUT2D eigenvalue weighted by Crippen LogP contribution is 2.39. The molecule has 1 aliphatic carbocycles. The number of amides is 1. The van der Waals surface area contributed by atoms with Gasteiger partial charge in [0.25, 0.3) is 5.91 Å². The van der Waals surface area contributed by atoms with E-state index in [1.165, 1.54) is 12.8 Å². The van der Waals surface area contributed by atoms with Crippen LogP contribution in [-0.2, 0) is 13.1 Å². The largest absolute Gasteiger partial charge is 0.336 e. The van der Waals surface area contributed by atoms with Gasteiger partial charge in [-0.25, -0.2) is 0 Å². The van der Waals surface area contributed by atoms with Gasteiger partial charge in [-0.15, -0.1) is 0 Å². The number of hydrogen-bond donors (Lipinski definition) is 1. The van der Waals surface area contributed by atoms with E-state index in [0.717, 1.165) is 30.0 Å². The van der Waals surface area contributed by atoms with Crippen LogP contribution in [0.4, 0.5) is 0 Å². The molecular weight excluding hydrogens is 278 g/mol. The zero-order valence-electron chi connectivity index (χ0n) is 13.5. The van der Waals surface area contributed by atoms with Crippen molar-refractivity contribution >= 4 is 5.91 Å². The van der Waals surface area contributed by atoms with E-state index >= 15 is 0 Å². The first-order valence-corrected chi connectivity index (χ1v) is 7.92. The summed E-state index contributed by atoms with van der Waals surface area (Å²) in [6.07, 6.45) is 5.14. The van der Waals surface area contributed by atoms with Crippen molar-refractivity contribution in [1.82, 2.24) is 24.9 Å². The van der Waals surface area contributed by atoms with Crippen LogP contribution < -0.4 is 0 Å². The zero-order chi connectivity index (χ0) is 15.7. The van der Waals surface area contributed by atoms with Crippen LogP contribution >= 0.6 is 0 Å². The van der Waals surface area contributed by atoms with Gasteiger partial charge in [0.2, 0.25) is 0 Å². The minimum atomic E-state index is 0.00225. The Hall–Kier alpha value is -2.11. The second kappa shape index (κ2) is 5.94. The smallest absolute Gasteiger partial charge is 0.257 e. The lowest BCUT2D eigenvalue weighted by Gasteiger charge is -2.15. The molecule has 0 unspecified atom stereocenters. The van der Waals surface area contributed by atoms with E-state index in [-0.39, 0.29) is 5.91 Å². The van der Waals surface area contributed by atoms with Crippen molar-refractivity contribution in [3.63, 3.8) is 0 Å². The van der Waals surface area contributed by atoms with Crippen molar-refractivity contribution in [2.45, 2.75) is 52.1 Å². The minimum Gasteiger partial charge on any atom is -0.336 e. The highest BCUT2D eigenvalue weighted by molar-refractivity contribution is 5.94. The highest BCUT2D eigenvalue weighted by Gasteiger charge is 2.26. The topological polar surface area (TPSA) is 66.8 Å². The summed E-state index contributed by atoms with van der Waals surface area (Å²) in [5.41, 5.74) is 3.72. The molecule has 3 rings (SSSR count). The average molecular weight is 301 g/mol. The maximum Gasteiger partial charge on any atom is 0.257 e. The Morgan fingerprint density at radius 1 is 1.50 bits per heavy atom. The van der Waals surface area contributed by atoms with Crippen LogP contribution in [0.1, 0.15) is 59.5 Å². The molecule has 1 N–H and O–H groups in total. The maximum atomic E-state index is 12.6. The third-order valence-electron chi connectivity index (χ3n) is 4.17. The molecule has 0 spiro atoms. The van der Waals surface area contributed by atoms with Crippen LogP contribution in [0.25, 0.3) is 0 Å². The van der Waals surface area contributed by atoms with Crippen molar-refractivity contribution in [3.8, 4) is 0 Å². The lowest BCUT2D eigenvalue weighted by Crippen LogP contribution is -2.26. The highest BCUT2D eigenvalue weighted by atomic mass is 16.2. The Kier molecular flexibility index (Phi) is 4.00. The monoisotopic (exact) mass is 301 g/mol. The second-order valence-electron chi connectivity index (χ2n) is 6.12. The van der Waals surface area contributed by atoms with Gasteiger partial charge >= 0.3 is 0 Å². The van der Waals surface area contributed by atoms with Crippen molar-refractivity contribution < 1.29 is 4.79 Å². The van der Waals surface area contributed by atoms with Crippen molar-refractivity contribution in [1.29, 1.82) is 0 Å². The molecule has 0 saturated heterocycles. The van der Waals surface area contributed by atoms with E-state index < -0.39 is 0 Å². The average Bonchev–Trinajstić information content (AvgIpc) is 3.15. The molecule has 2 aromatic heterocycles. The van der Waals surface area contributed by atoms with Gasteiger partial charge in [0.1, 0.15) is 0 Å². The third-order valence-corrected chi connectivity index (χ3v) is 4.17. The minimum absolute atomic E-state index is 0.00225. The summed E-state index contributed by atoms with van der Waals surface area (Å²) in [5, 5.41) is 11.7. The van der Waals surface area contributed by atoms with Crippen LogP contribution in [0.3, 0.4) is 0 Å². The van der Waals surface area contributed by atoms with E-state index in [9.17, 15) is 4.79 Å². The van der Waals surface area contributed by atoms with E-state index in [2.05, 4.69) is 28.3 Å². The van der Waals surface area contributed by atoms with Gasteiger partial charge in [-0.1, -0.05) is 6.92 Å². The summed E-state index contributed by atoms with van der Waals surface area (Å²) < 4.78 is 1.89.